The third kappa shape index (κ3) is 4.19. The van der Waals surface area contributed by atoms with Crippen LogP contribution in [0.5, 0.6) is 5.75 Å². The average molecular weight is 461 g/mol. The fraction of sp³-hybridized carbons (Fsp3) is 0.308. The van der Waals surface area contributed by atoms with Crippen LogP contribution in [0, 0.1) is 0 Å². The minimum atomic E-state index is -0.853. The van der Waals surface area contributed by atoms with E-state index in [1.165, 1.54) is 4.57 Å². The van der Waals surface area contributed by atoms with Gasteiger partial charge in [0.1, 0.15) is 17.1 Å². The fourth-order valence-corrected chi connectivity index (χ4v) is 4.19. The van der Waals surface area contributed by atoms with Crippen LogP contribution < -0.4 is 16.5 Å². The van der Waals surface area contributed by atoms with Crippen LogP contribution in [0.1, 0.15) is 55.7 Å². The predicted molar refractivity (Wildman–Crippen MR) is 133 cm³/mol. The van der Waals surface area contributed by atoms with Crippen molar-refractivity contribution < 1.29 is 9.90 Å². The van der Waals surface area contributed by atoms with E-state index in [0.717, 1.165) is 23.9 Å². The highest BCUT2D eigenvalue weighted by Gasteiger charge is 2.23. The summed E-state index contributed by atoms with van der Waals surface area (Å²) in [6.45, 7) is 4.39. The van der Waals surface area contributed by atoms with Crippen LogP contribution >= 0.6 is 0 Å². The van der Waals surface area contributed by atoms with Gasteiger partial charge in [-0.25, -0.2) is 9.66 Å². The number of hydrogen-bond donors (Lipinski definition) is 2. The molecule has 4 rings (SSSR count). The van der Waals surface area contributed by atoms with Gasteiger partial charge in [0.15, 0.2) is 0 Å². The van der Waals surface area contributed by atoms with Crippen LogP contribution in [-0.2, 0) is 13.0 Å². The molecule has 0 atom stereocenters. The first kappa shape index (κ1) is 23.2. The molecule has 2 N–H and O–H groups in total. The topological polar surface area (TPSA) is 106 Å². The Morgan fingerprint density at radius 3 is 2.38 bits per heavy atom. The number of aromatic nitrogens is 3. The second kappa shape index (κ2) is 9.91. The molecule has 0 fully saturated rings. The van der Waals surface area contributed by atoms with E-state index in [0.29, 0.717) is 47.0 Å². The Kier molecular flexibility index (Phi) is 6.77. The maximum atomic E-state index is 13.4. The van der Waals surface area contributed by atoms with Crippen molar-refractivity contribution in [3.05, 3.63) is 80.6 Å². The first-order valence-electron chi connectivity index (χ1n) is 11.6. The highest BCUT2D eigenvalue weighted by molar-refractivity contribution is 6.06. The van der Waals surface area contributed by atoms with Gasteiger partial charge in [0.2, 0.25) is 0 Å². The summed E-state index contributed by atoms with van der Waals surface area (Å²) < 4.78 is 2.59. The number of aromatic hydroxyl groups is 1. The molecule has 8 nitrogen and oxygen atoms in total. The standard InChI is InChI=1S/C26H28N4O4/c1-3-5-6-15-21-27-19-13-9-7-11-17(19)25(33)30(21)28-24(32)22-23(31)18-12-8-10-14-20(18)29(16-4-2)26(22)34/h7-14,31H,3-6,15-16H2,1-2H3,(H,28,32). The van der Waals surface area contributed by atoms with E-state index in [4.69, 9.17) is 0 Å². The number of rotatable bonds is 8. The number of carbonyl (C=O) groups excluding carboxylic acids is 1. The molecule has 0 aliphatic rings. The molecule has 2 aromatic carbocycles. The van der Waals surface area contributed by atoms with Crippen LogP contribution in [-0.4, -0.2) is 25.2 Å². The van der Waals surface area contributed by atoms with Gasteiger partial charge in [0, 0.05) is 18.4 Å². The van der Waals surface area contributed by atoms with E-state index in [1.807, 2.05) is 6.92 Å². The Bertz CT molecular complexity index is 1490. The van der Waals surface area contributed by atoms with Crippen LogP contribution in [0.2, 0.25) is 0 Å². The number of hydrogen-bond acceptors (Lipinski definition) is 5. The lowest BCUT2D eigenvalue weighted by Gasteiger charge is -2.17. The SMILES string of the molecule is CCCCCc1nc2ccccc2c(=O)n1NC(=O)c1c(O)c2ccccc2n(CCC)c1=O. The molecule has 2 aromatic heterocycles. The average Bonchev–Trinajstić information content (AvgIpc) is 2.84. The van der Waals surface area contributed by atoms with Crippen molar-refractivity contribution in [2.75, 3.05) is 5.43 Å². The first-order chi connectivity index (χ1) is 16.5. The molecule has 2 heterocycles. The van der Waals surface area contributed by atoms with Crippen molar-refractivity contribution in [2.24, 2.45) is 0 Å². The lowest BCUT2D eigenvalue weighted by Crippen LogP contribution is -2.39. The zero-order valence-electron chi connectivity index (χ0n) is 19.4. The number of nitrogens with zero attached hydrogens (tertiary/aromatic N) is 3. The summed E-state index contributed by atoms with van der Waals surface area (Å²) in [6.07, 6.45) is 3.89. The lowest BCUT2D eigenvalue weighted by atomic mass is 10.1. The number of aryl methyl sites for hydroxylation is 2. The van der Waals surface area contributed by atoms with Crippen LogP contribution in [0.4, 0.5) is 0 Å². The van der Waals surface area contributed by atoms with Gasteiger partial charge in [0.25, 0.3) is 17.0 Å². The summed E-state index contributed by atoms with van der Waals surface area (Å²) in [5, 5.41) is 11.6. The molecule has 0 bridgehead atoms. The van der Waals surface area contributed by atoms with Gasteiger partial charge >= 0.3 is 0 Å². The van der Waals surface area contributed by atoms with Gasteiger partial charge in [-0.2, -0.15) is 0 Å². The Morgan fingerprint density at radius 1 is 0.941 bits per heavy atom. The number of fused-ring (bicyclic) bond motifs is 2. The highest BCUT2D eigenvalue weighted by Crippen LogP contribution is 2.26. The number of pyridine rings is 1. The van der Waals surface area contributed by atoms with Crippen molar-refractivity contribution in [2.45, 2.75) is 52.5 Å². The minimum Gasteiger partial charge on any atom is -0.506 e. The summed E-state index contributed by atoms with van der Waals surface area (Å²) in [5.41, 5.74) is 2.22. The molecule has 0 spiro atoms. The smallest absolute Gasteiger partial charge is 0.280 e. The normalized spacial score (nSPS) is 11.2. The number of nitrogens with one attached hydrogen (secondary N) is 1. The Labute approximate surface area is 196 Å². The summed E-state index contributed by atoms with van der Waals surface area (Å²) in [6, 6.07) is 13.8. The Morgan fingerprint density at radius 2 is 1.65 bits per heavy atom. The first-order valence-corrected chi connectivity index (χ1v) is 11.6. The molecule has 4 aromatic rings. The molecule has 0 aliphatic heterocycles. The molecule has 8 heteroatoms. The second-order valence-corrected chi connectivity index (χ2v) is 8.28. The number of carbonyl (C=O) groups is 1. The monoisotopic (exact) mass is 460 g/mol. The second-order valence-electron chi connectivity index (χ2n) is 8.28. The van der Waals surface area contributed by atoms with E-state index < -0.39 is 28.3 Å². The van der Waals surface area contributed by atoms with E-state index in [1.54, 1.807) is 48.5 Å². The van der Waals surface area contributed by atoms with Crippen molar-refractivity contribution in [1.82, 2.24) is 14.2 Å². The van der Waals surface area contributed by atoms with Crippen molar-refractivity contribution in [1.29, 1.82) is 0 Å². The van der Waals surface area contributed by atoms with E-state index in [-0.39, 0.29) is 0 Å². The minimum absolute atomic E-state index is 0.355. The third-order valence-corrected chi connectivity index (χ3v) is 5.88. The molecule has 1 amide bonds. The summed E-state index contributed by atoms with van der Waals surface area (Å²) in [5.74, 6) is -0.853. The number of amides is 1. The van der Waals surface area contributed by atoms with Gasteiger partial charge < -0.3 is 9.67 Å². The summed E-state index contributed by atoms with van der Waals surface area (Å²) >= 11 is 0. The zero-order valence-corrected chi connectivity index (χ0v) is 19.4. The molecule has 0 radical (unpaired) electrons. The summed E-state index contributed by atoms with van der Waals surface area (Å²) in [7, 11) is 0. The molecule has 0 saturated heterocycles. The van der Waals surface area contributed by atoms with Crippen LogP contribution in [0.25, 0.3) is 21.8 Å². The lowest BCUT2D eigenvalue weighted by molar-refractivity contribution is 0.100. The quantitative estimate of drug-likeness (QED) is 0.387. The van der Waals surface area contributed by atoms with E-state index in [9.17, 15) is 19.5 Å². The number of unbranched alkanes of at least 4 members (excludes halogenated alkanes) is 2. The molecule has 0 unspecified atom stereocenters. The van der Waals surface area contributed by atoms with Gasteiger partial charge in [-0.15, -0.1) is 0 Å². The van der Waals surface area contributed by atoms with Crippen LogP contribution in [0.15, 0.2) is 58.1 Å². The third-order valence-electron chi connectivity index (χ3n) is 5.88. The molecule has 34 heavy (non-hydrogen) atoms. The number of para-hydroxylation sites is 2. The maximum absolute atomic E-state index is 13.4. The molecular formula is C26H28N4O4. The fourth-order valence-electron chi connectivity index (χ4n) is 4.19. The maximum Gasteiger partial charge on any atom is 0.280 e. The van der Waals surface area contributed by atoms with Gasteiger partial charge in [-0.1, -0.05) is 51.0 Å². The molecule has 176 valence electrons. The Hall–Kier alpha value is -3.94. The van der Waals surface area contributed by atoms with Crippen molar-refractivity contribution >= 4 is 27.7 Å². The van der Waals surface area contributed by atoms with Gasteiger partial charge in [0.05, 0.1) is 16.4 Å². The Balaban J connectivity index is 1.85. The molecular weight excluding hydrogens is 432 g/mol. The van der Waals surface area contributed by atoms with Crippen molar-refractivity contribution in [3.63, 3.8) is 0 Å². The van der Waals surface area contributed by atoms with E-state index >= 15 is 0 Å². The highest BCUT2D eigenvalue weighted by atomic mass is 16.3. The zero-order chi connectivity index (χ0) is 24.2. The molecule has 0 aliphatic carbocycles. The van der Waals surface area contributed by atoms with Gasteiger partial charge in [-0.05, 0) is 37.1 Å². The summed E-state index contributed by atoms with van der Waals surface area (Å²) in [4.78, 5) is 44.5. The van der Waals surface area contributed by atoms with Crippen LogP contribution in [0.3, 0.4) is 0 Å². The predicted octanol–water partition coefficient (Wildman–Crippen LogP) is 3.94. The van der Waals surface area contributed by atoms with Crippen molar-refractivity contribution in [3.8, 4) is 5.75 Å². The largest absolute Gasteiger partial charge is 0.506 e. The van der Waals surface area contributed by atoms with E-state index in [2.05, 4.69) is 17.3 Å². The number of benzene rings is 2. The van der Waals surface area contributed by atoms with Gasteiger partial charge in [-0.3, -0.25) is 19.8 Å². The molecule has 0 saturated carbocycles.